The lowest BCUT2D eigenvalue weighted by atomic mass is 9.64. The Morgan fingerprint density at radius 1 is 1.02 bits per heavy atom. The van der Waals surface area contributed by atoms with E-state index >= 15 is 0 Å². The van der Waals surface area contributed by atoms with E-state index in [9.17, 15) is 19.5 Å². The van der Waals surface area contributed by atoms with Crippen molar-refractivity contribution in [2.45, 2.75) is 71.4 Å². The van der Waals surface area contributed by atoms with Crippen LogP contribution in [0, 0.1) is 11.3 Å². The predicted molar refractivity (Wildman–Crippen MR) is 157 cm³/mol. The van der Waals surface area contributed by atoms with Gasteiger partial charge in [0.2, 0.25) is 5.91 Å². The number of fused-ring (bicyclic) bond motifs is 2. The molecule has 2 heterocycles. The maximum Gasteiger partial charge on any atom is 0.408 e. The van der Waals surface area contributed by atoms with Gasteiger partial charge in [-0.25, -0.2) is 4.79 Å². The van der Waals surface area contributed by atoms with Crippen molar-refractivity contribution < 1.29 is 14.7 Å². The van der Waals surface area contributed by atoms with Gasteiger partial charge in [-0.05, 0) is 53.3 Å². The Kier molecular flexibility index (Phi) is 7.51. The topological polar surface area (TPSA) is 82.8 Å². The highest BCUT2D eigenvalue weighted by molar-refractivity contribution is 5.81. The van der Waals surface area contributed by atoms with E-state index in [0.29, 0.717) is 18.5 Å². The van der Waals surface area contributed by atoms with Crippen LogP contribution < -0.4 is 5.56 Å². The summed E-state index contributed by atoms with van der Waals surface area (Å²) in [5, 5.41) is 11.5. The van der Waals surface area contributed by atoms with Gasteiger partial charge in [-0.1, -0.05) is 82.5 Å². The average molecular weight is 544 g/mol. The van der Waals surface area contributed by atoms with E-state index in [1.54, 1.807) is 16.5 Å². The first-order valence-electron chi connectivity index (χ1n) is 14.5. The van der Waals surface area contributed by atoms with Crippen LogP contribution in [-0.4, -0.2) is 44.6 Å². The van der Waals surface area contributed by atoms with Gasteiger partial charge in [-0.2, -0.15) is 0 Å². The molecule has 40 heavy (non-hydrogen) atoms. The van der Waals surface area contributed by atoms with Crippen molar-refractivity contribution in [3.63, 3.8) is 0 Å². The van der Waals surface area contributed by atoms with Crippen LogP contribution in [0.4, 0.5) is 4.79 Å². The zero-order valence-electron chi connectivity index (χ0n) is 24.2. The van der Waals surface area contributed by atoms with E-state index in [1.807, 2.05) is 53.4 Å². The monoisotopic (exact) mass is 543 g/mol. The maximum absolute atomic E-state index is 14.3. The van der Waals surface area contributed by atoms with Gasteiger partial charge >= 0.3 is 6.09 Å². The van der Waals surface area contributed by atoms with Gasteiger partial charge in [0.1, 0.15) is 0 Å². The smallest absolute Gasteiger partial charge is 0.408 e. The summed E-state index contributed by atoms with van der Waals surface area (Å²) in [5.74, 6) is -0.0980. The Morgan fingerprint density at radius 3 is 2.40 bits per heavy atom. The van der Waals surface area contributed by atoms with Gasteiger partial charge < -0.3 is 14.6 Å². The Hall–Kier alpha value is -3.61. The molecule has 212 valence electrons. The number of carboxylic acid groups (broad SMARTS) is 1. The molecule has 0 bridgehead atoms. The summed E-state index contributed by atoms with van der Waals surface area (Å²) in [6, 6.07) is 17.7. The maximum atomic E-state index is 14.3. The minimum Gasteiger partial charge on any atom is -0.465 e. The van der Waals surface area contributed by atoms with E-state index in [-0.39, 0.29) is 30.5 Å². The van der Waals surface area contributed by atoms with Gasteiger partial charge in [0.25, 0.3) is 5.56 Å². The molecule has 1 saturated carbocycles. The second kappa shape index (κ2) is 10.8. The zero-order valence-corrected chi connectivity index (χ0v) is 24.2. The largest absolute Gasteiger partial charge is 0.465 e. The number of aryl methyl sites for hydroxylation is 1. The van der Waals surface area contributed by atoms with E-state index in [0.717, 1.165) is 54.1 Å². The lowest BCUT2D eigenvalue weighted by molar-refractivity contribution is -0.142. The lowest BCUT2D eigenvalue weighted by Gasteiger charge is -2.56. The molecule has 1 fully saturated rings. The molecule has 0 saturated heterocycles. The fourth-order valence-corrected chi connectivity index (χ4v) is 7.09. The quantitative estimate of drug-likeness (QED) is 0.433. The number of hydrogen-bond donors (Lipinski definition) is 1. The van der Waals surface area contributed by atoms with E-state index in [1.165, 1.54) is 0 Å². The van der Waals surface area contributed by atoms with Gasteiger partial charge in [-0.3, -0.25) is 14.5 Å². The minimum absolute atomic E-state index is 0.0203. The summed E-state index contributed by atoms with van der Waals surface area (Å²) in [7, 11) is 1.77. The highest BCUT2D eigenvalue weighted by Crippen LogP contribution is 2.49. The van der Waals surface area contributed by atoms with Crippen molar-refractivity contribution in [1.82, 2.24) is 14.4 Å². The third-order valence-corrected chi connectivity index (χ3v) is 9.25. The van der Waals surface area contributed by atoms with Crippen LogP contribution in [0.1, 0.15) is 69.6 Å². The molecule has 5 rings (SSSR count). The third kappa shape index (κ3) is 4.80. The molecule has 1 unspecified atom stereocenters. The number of carbonyl (C=O) groups is 2. The highest BCUT2D eigenvalue weighted by Gasteiger charge is 2.54. The van der Waals surface area contributed by atoms with Crippen molar-refractivity contribution >= 4 is 22.9 Å². The van der Waals surface area contributed by atoms with Crippen molar-refractivity contribution in [3.8, 4) is 0 Å². The summed E-state index contributed by atoms with van der Waals surface area (Å²) < 4.78 is 1.65. The third-order valence-electron chi connectivity index (χ3n) is 9.25. The number of amides is 2. The molecular formula is C33H41N3O4. The Balaban J connectivity index is 1.67. The normalized spacial score (nSPS) is 19.9. The average Bonchev–Trinajstić information content (AvgIpc) is 2.94. The first kappa shape index (κ1) is 27.9. The molecule has 7 heteroatoms. The van der Waals surface area contributed by atoms with Crippen LogP contribution in [-0.2, 0) is 30.3 Å². The second-order valence-electron chi connectivity index (χ2n) is 12.6. The molecule has 1 aliphatic heterocycles. The van der Waals surface area contributed by atoms with Gasteiger partial charge in [0.05, 0.1) is 17.6 Å². The molecular weight excluding hydrogens is 502 g/mol. The van der Waals surface area contributed by atoms with Crippen LogP contribution >= 0.6 is 0 Å². The number of rotatable bonds is 5. The number of para-hydroxylation sites is 1. The molecule has 2 aliphatic rings. The summed E-state index contributed by atoms with van der Waals surface area (Å²) in [6.07, 6.45) is 4.44. The standard InChI is InChI=1S/C33H41N3O4/c1-32(2,3)33(27-16-10-8-12-23(27)18-19-36(33)31(39)40)22-35(30(38)24-13-6-5-7-14-24)21-26-20-25-15-9-11-17-28(25)34(4)29(26)37/h8-12,15-17,20,24H,5-7,13-14,18-19,21-22H2,1-4H3,(H,39,40). The predicted octanol–water partition coefficient (Wildman–Crippen LogP) is 5.93. The molecule has 0 radical (unpaired) electrons. The van der Waals surface area contributed by atoms with Crippen LogP contribution in [0.15, 0.2) is 59.4 Å². The molecule has 1 aromatic heterocycles. The summed E-state index contributed by atoms with van der Waals surface area (Å²) in [6.45, 7) is 6.86. The first-order valence-corrected chi connectivity index (χ1v) is 14.5. The van der Waals surface area contributed by atoms with Crippen LogP contribution in [0.5, 0.6) is 0 Å². The number of pyridine rings is 1. The zero-order chi connectivity index (χ0) is 28.7. The lowest BCUT2D eigenvalue weighted by Crippen LogP contribution is -2.65. The van der Waals surface area contributed by atoms with Crippen LogP contribution in [0.3, 0.4) is 0 Å². The number of benzene rings is 2. The van der Waals surface area contributed by atoms with E-state index in [4.69, 9.17) is 0 Å². The van der Waals surface area contributed by atoms with Crippen molar-refractivity contribution in [2.24, 2.45) is 18.4 Å². The van der Waals surface area contributed by atoms with Gasteiger partial charge in [-0.15, -0.1) is 0 Å². The van der Waals surface area contributed by atoms with Crippen molar-refractivity contribution in [3.05, 3.63) is 81.6 Å². The SMILES string of the molecule is Cn1c(=O)c(CN(CC2(C(C)(C)C)c3ccccc3CCN2C(=O)O)C(=O)C2CCCCC2)cc2ccccc21. The number of hydrogen-bond acceptors (Lipinski definition) is 3. The first-order chi connectivity index (χ1) is 19.0. The second-order valence-corrected chi connectivity index (χ2v) is 12.6. The van der Waals surface area contributed by atoms with Crippen LogP contribution in [0.25, 0.3) is 10.9 Å². The van der Waals surface area contributed by atoms with Crippen molar-refractivity contribution in [2.75, 3.05) is 13.1 Å². The van der Waals surface area contributed by atoms with Gasteiger partial charge in [0, 0.05) is 31.6 Å². The number of nitrogens with zero attached hydrogens (tertiary/aromatic N) is 3. The van der Waals surface area contributed by atoms with E-state index < -0.39 is 17.0 Å². The van der Waals surface area contributed by atoms with Gasteiger partial charge in [0.15, 0.2) is 0 Å². The molecule has 2 aromatic carbocycles. The fraction of sp³-hybridized carbons (Fsp3) is 0.485. The molecule has 1 aliphatic carbocycles. The molecule has 0 spiro atoms. The van der Waals surface area contributed by atoms with E-state index in [2.05, 4.69) is 26.8 Å². The molecule has 1 atom stereocenters. The number of carbonyl (C=O) groups excluding carboxylic acids is 1. The molecule has 3 aromatic rings. The minimum atomic E-state index is -0.990. The Morgan fingerprint density at radius 2 is 1.70 bits per heavy atom. The summed E-state index contributed by atoms with van der Waals surface area (Å²) in [4.78, 5) is 44.1. The Labute approximate surface area is 236 Å². The molecule has 1 N–H and O–H groups in total. The molecule has 7 nitrogen and oxygen atoms in total. The summed E-state index contributed by atoms with van der Waals surface area (Å²) in [5.41, 5.74) is 1.78. The highest BCUT2D eigenvalue weighted by atomic mass is 16.4. The van der Waals surface area contributed by atoms with Crippen LogP contribution in [0.2, 0.25) is 0 Å². The Bertz CT molecular complexity index is 1480. The molecule has 2 amide bonds. The van der Waals surface area contributed by atoms with Crippen molar-refractivity contribution in [1.29, 1.82) is 0 Å². The number of aromatic nitrogens is 1. The fourth-order valence-electron chi connectivity index (χ4n) is 7.09. The summed E-state index contributed by atoms with van der Waals surface area (Å²) >= 11 is 0.